The summed E-state index contributed by atoms with van der Waals surface area (Å²) in [5.41, 5.74) is 0.373. The third kappa shape index (κ3) is 9.05. The third-order valence-electron chi connectivity index (χ3n) is 5.94. The first-order valence-corrected chi connectivity index (χ1v) is 11.2. The molecule has 1 aliphatic rings. The van der Waals surface area contributed by atoms with Gasteiger partial charge in [-0.2, -0.15) is 0 Å². The van der Waals surface area contributed by atoms with Crippen molar-refractivity contribution < 1.29 is 26.7 Å². The fourth-order valence-corrected chi connectivity index (χ4v) is 4.25. The van der Waals surface area contributed by atoms with Crippen LogP contribution in [0.2, 0.25) is 0 Å². The highest BCUT2D eigenvalue weighted by atomic mass is 19.4. The average molecular weight is 433 g/mol. The molecule has 0 heterocycles. The Bertz CT molecular complexity index is 637. The topological polar surface area (TPSA) is 9.23 Å². The molecule has 0 radical (unpaired) electrons. The molecule has 0 saturated heterocycles. The van der Waals surface area contributed by atoms with Crippen molar-refractivity contribution in [2.45, 2.75) is 90.3 Å². The number of hydrogen-bond acceptors (Lipinski definition) is 1. The van der Waals surface area contributed by atoms with Crippen molar-refractivity contribution in [1.82, 2.24) is 0 Å². The quantitative estimate of drug-likeness (QED) is 0.193. The molecular weight excluding hydrogens is 399 g/mol. The number of ether oxygens (including phenoxy) is 1. The molecule has 0 atom stereocenters. The van der Waals surface area contributed by atoms with Crippen LogP contribution < -0.4 is 4.74 Å². The van der Waals surface area contributed by atoms with E-state index in [4.69, 9.17) is 0 Å². The molecule has 1 nitrogen and oxygen atoms in total. The molecule has 2 rings (SSSR count). The largest absolute Gasteiger partial charge is 0.573 e. The van der Waals surface area contributed by atoms with Crippen LogP contribution in [0.25, 0.3) is 0 Å². The van der Waals surface area contributed by atoms with Crippen LogP contribution in [0.15, 0.2) is 24.3 Å². The molecule has 6 heteroatoms. The molecule has 1 saturated carbocycles. The monoisotopic (exact) mass is 432 g/mol. The number of benzene rings is 1. The number of halogens is 5. The molecule has 0 unspecified atom stereocenters. The zero-order valence-electron chi connectivity index (χ0n) is 17.7. The Kier molecular flexibility index (Phi) is 10.1. The van der Waals surface area contributed by atoms with Crippen molar-refractivity contribution in [3.05, 3.63) is 41.5 Å². The molecule has 0 bridgehead atoms. The number of allylic oxidation sites excluding steroid dienone is 2. The van der Waals surface area contributed by atoms with E-state index >= 15 is 0 Å². The smallest absolute Gasteiger partial charge is 0.399 e. The first-order valence-electron chi connectivity index (χ1n) is 11.2. The molecule has 0 spiro atoms. The maximum absolute atomic E-state index is 13.8. The molecule has 1 aliphatic carbocycles. The molecule has 170 valence electrons. The molecule has 30 heavy (non-hydrogen) atoms. The lowest BCUT2D eigenvalue weighted by atomic mass is 9.78. The van der Waals surface area contributed by atoms with E-state index in [1.807, 2.05) is 0 Å². The van der Waals surface area contributed by atoms with Gasteiger partial charge in [0, 0.05) is 0 Å². The highest BCUT2D eigenvalue weighted by Gasteiger charge is 2.34. The predicted molar refractivity (Wildman–Crippen MR) is 109 cm³/mol. The van der Waals surface area contributed by atoms with Gasteiger partial charge in [0.25, 0.3) is 0 Å². The lowest BCUT2D eigenvalue weighted by Crippen LogP contribution is -2.19. The Labute approximate surface area is 176 Å². The van der Waals surface area contributed by atoms with Crippen LogP contribution in [0.4, 0.5) is 22.0 Å². The van der Waals surface area contributed by atoms with E-state index in [1.165, 1.54) is 38.5 Å². The van der Waals surface area contributed by atoms with Crippen LogP contribution in [0, 0.1) is 23.5 Å². The van der Waals surface area contributed by atoms with Crippen LogP contribution in [0.1, 0.15) is 83.1 Å². The number of alkyl halides is 3. The molecule has 1 aromatic carbocycles. The summed E-state index contributed by atoms with van der Waals surface area (Å²) < 4.78 is 67.8. The second kappa shape index (κ2) is 12.3. The summed E-state index contributed by atoms with van der Waals surface area (Å²) in [5, 5.41) is 0. The van der Waals surface area contributed by atoms with Gasteiger partial charge < -0.3 is 4.74 Å². The highest BCUT2D eigenvalue weighted by molar-refractivity contribution is 5.31. The molecule has 0 N–H and O–H groups in total. The number of rotatable bonds is 11. The maximum Gasteiger partial charge on any atom is 0.573 e. The summed E-state index contributed by atoms with van der Waals surface area (Å²) in [6, 6.07) is 1.90. The van der Waals surface area contributed by atoms with E-state index in [9.17, 15) is 22.0 Å². The van der Waals surface area contributed by atoms with E-state index in [2.05, 4.69) is 23.8 Å². The van der Waals surface area contributed by atoms with E-state index in [0.717, 1.165) is 50.2 Å². The second-order valence-corrected chi connectivity index (χ2v) is 8.41. The Hall–Kier alpha value is -1.59. The van der Waals surface area contributed by atoms with Gasteiger partial charge in [0.05, 0.1) is 0 Å². The highest BCUT2D eigenvalue weighted by Crippen LogP contribution is 2.35. The van der Waals surface area contributed by atoms with Gasteiger partial charge >= 0.3 is 6.36 Å². The van der Waals surface area contributed by atoms with E-state index < -0.39 is 23.7 Å². The Morgan fingerprint density at radius 1 is 0.900 bits per heavy atom. The van der Waals surface area contributed by atoms with Crippen molar-refractivity contribution in [3.63, 3.8) is 0 Å². The Morgan fingerprint density at radius 3 is 2.03 bits per heavy atom. The Balaban J connectivity index is 1.68. The summed E-state index contributed by atoms with van der Waals surface area (Å²) in [4.78, 5) is 0. The van der Waals surface area contributed by atoms with Crippen LogP contribution in [0.3, 0.4) is 0 Å². The summed E-state index contributed by atoms with van der Waals surface area (Å²) >= 11 is 0. The lowest BCUT2D eigenvalue weighted by Gasteiger charge is -2.28. The first-order chi connectivity index (χ1) is 14.3. The van der Waals surface area contributed by atoms with Crippen LogP contribution in [-0.2, 0) is 6.42 Å². The molecular formula is C24H33F5O. The normalized spacial score (nSPS) is 20.1. The van der Waals surface area contributed by atoms with Gasteiger partial charge in [-0.25, -0.2) is 8.78 Å². The van der Waals surface area contributed by atoms with Gasteiger partial charge in [-0.1, -0.05) is 64.0 Å². The van der Waals surface area contributed by atoms with Crippen molar-refractivity contribution in [3.8, 4) is 5.75 Å². The minimum atomic E-state index is -5.12. The fraction of sp³-hybridized carbons (Fsp3) is 0.667. The predicted octanol–water partition coefficient (Wildman–Crippen LogP) is 8.52. The van der Waals surface area contributed by atoms with Gasteiger partial charge in [-0.15, -0.1) is 13.2 Å². The van der Waals surface area contributed by atoms with Crippen LogP contribution in [-0.4, -0.2) is 6.36 Å². The molecule has 0 amide bonds. The first kappa shape index (κ1) is 24.7. The third-order valence-corrected chi connectivity index (χ3v) is 5.94. The summed E-state index contributed by atoms with van der Waals surface area (Å²) in [7, 11) is 0. The van der Waals surface area contributed by atoms with Crippen molar-refractivity contribution >= 4 is 0 Å². The van der Waals surface area contributed by atoms with Crippen molar-refractivity contribution in [1.29, 1.82) is 0 Å². The van der Waals surface area contributed by atoms with Crippen LogP contribution >= 0.6 is 0 Å². The van der Waals surface area contributed by atoms with Crippen molar-refractivity contribution in [2.24, 2.45) is 11.8 Å². The minimum Gasteiger partial charge on any atom is -0.399 e. The fourth-order valence-electron chi connectivity index (χ4n) is 4.25. The van der Waals surface area contributed by atoms with Gasteiger partial charge in [-0.05, 0) is 61.6 Å². The van der Waals surface area contributed by atoms with Gasteiger partial charge in [0.15, 0.2) is 11.6 Å². The van der Waals surface area contributed by atoms with Crippen molar-refractivity contribution in [2.75, 3.05) is 0 Å². The summed E-state index contributed by atoms with van der Waals surface area (Å²) in [5.74, 6) is -2.72. The van der Waals surface area contributed by atoms with Gasteiger partial charge in [0.1, 0.15) is 0 Å². The second-order valence-electron chi connectivity index (χ2n) is 8.41. The lowest BCUT2D eigenvalue weighted by molar-refractivity contribution is -0.276. The van der Waals surface area contributed by atoms with E-state index in [1.54, 1.807) is 0 Å². The number of unbranched alkanes of at least 4 members (excludes halogenated alkanes) is 3. The summed E-state index contributed by atoms with van der Waals surface area (Å²) in [6.45, 7) is 2.18. The zero-order valence-corrected chi connectivity index (χ0v) is 17.7. The zero-order chi connectivity index (χ0) is 22.0. The van der Waals surface area contributed by atoms with E-state index in [0.29, 0.717) is 17.9 Å². The molecule has 1 fully saturated rings. The molecule has 0 aromatic heterocycles. The SMILES string of the molecule is CCC/C=C/CCCC[C@H]1CC[C@H](CCc2cc(F)c(OC(F)(F)F)c(F)c2)CC1. The Morgan fingerprint density at radius 2 is 1.47 bits per heavy atom. The maximum atomic E-state index is 13.8. The van der Waals surface area contributed by atoms with Gasteiger partial charge in [0.2, 0.25) is 5.75 Å². The van der Waals surface area contributed by atoms with Crippen LogP contribution in [0.5, 0.6) is 5.75 Å². The molecule has 1 aromatic rings. The minimum absolute atomic E-state index is 0.373. The summed E-state index contributed by atoms with van der Waals surface area (Å²) in [6.07, 6.45) is 12.6. The number of aryl methyl sites for hydroxylation is 1. The van der Waals surface area contributed by atoms with Gasteiger partial charge in [-0.3, -0.25) is 0 Å². The van der Waals surface area contributed by atoms with E-state index in [-0.39, 0.29) is 0 Å². The average Bonchev–Trinajstić information content (AvgIpc) is 2.69. The number of hydrogen-bond donors (Lipinski definition) is 0. The molecule has 0 aliphatic heterocycles. The standard InChI is InChI=1S/C24H33F5O/c1-2-3-4-5-6-7-8-9-18-10-12-19(13-11-18)14-15-20-16-21(25)23(22(26)17-20)30-24(27,28)29/h4-5,16-19H,2-3,6-15H2,1H3/b5-4+/t18-,19-.